The molecule has 2 rings (SSSR count). The van der Waals surface area contributed by atoms with Crippen LogP contribution in [-0.4, -0.2) is 5.11 Å². The van der Waals surface area contributed by atoms with Gasteiger partial charge >= 0.3 is 0 Å². The second-order valence-corrected chi connectivity index (χ2v) is 6.76. The zero-order chi connectivity index (χ0) is 12.4. The third kappa shape index (κ3) is 2.97. The van der Waals surface area contributed by atoms with Crippen LogP contribution >= 0.6 is 27.3 Å². The number of thiophene rings is 1. The Morgan fingerprint density at radius 2 is 2.00 bits per heavy atom. The Hall–Kier alpha value is -0.640. The summed E-state index contributed by atoms with van der Waals surface area (Å²) in [6.45, 7) is 4.14. The largest absolute Gasteiger partial charge is 0.388 e. The van der Waals surface area contributed by atoms with E-state index >= 15 is 0 Å². The zero-order valence-electron chi connectivity index (χ0n) is 9.90. The first-order chi connectivity index (χ1) is 8.08. The van der Waals surface area contributed by atoms with E-state index < -0.39 is 6.10 Å². The molecule has 1 N–H and O–H groups in total. The van der Waals surface area contributed by atoms with Gasteiger partial charge in [0.1, 0.15) is 0 Å². The van der Waals surface area contributed by atoms with Crippen LogP contribution in [0.25, 0.3) is 0 Å². The van der Waals surface area contributed by atoms with Gasteiger partial charge in [-0.05, 0) is 58.6 Å². The fourth-order valence-electron chi connectivity index (χ4n) is 1.90. The lowest BCUT2D eigenvalue weighted by atomic mass is 9.97. The van der Waals surface area contributed by atoms with E-state index in [0.717, 1.165) is 9.35 Å². The minimum Gasteiger partial charge on any atom is -0.388 e. The molecule has 1 atom stereocenters. The monoisotopic (exact) mass is 310 g/mol. The predicted molar refractivity (Wildman–Crippen MR) is 76.6 cm³/mol. The van der Waals surface area contributed by atoms with Gasteiger partial charge in [0, 0.05) is 11.3 Å². The van der Waals surface area contributed by atoms with Gasteiger partial charge in [-0.3, -0.25) is 0 Å². The van der Waals surface area contributed by atoms with Crippen LogP contribution in [0.15, 0.2) is 34.1 Å². The molecule has 0 fully saturated rings. The van der Waals surface area contributed by atoms with Crippen LogP contribution in [0.4, 0.5) is 0 Å². The SMILES string of the molecule is Cc1cccc(C(O)Cc2ccc(Br)s2)c1C. The topological polar surface area (TPSA) is 20.2 Å². The first-order valence-corrected chi connectivity index (χ1v) is 7.17. The summed E-state index contributed by atoms with van der Waals surface area (Å²) in [5, 5.41) is 10.3. The number of aliphatic hydroxyl groups is 1. The van der Waals surface area contributed by atoms with Crippen LogP contribution in [0.2, 0.25) is 0 Å². The lowest BCUT2D eigenvalue weighted by molar-refractivity contribution is 0.178. The third-order valence-corrected chi connectivity index (χ3v) is 4.67. The van der Waals surface area contributed by atoms with Crippen LogP contribution in [0.5, 0.6) is 0 Å². The highest BCUT2D eigenvalue weighted by atomic mass is 79.9. The van der Waals surface area contributed by atoms with Crippen molar-refractivity contribution in [2.24, 2.45) is 0 Å². The summed E-state index contributed by atoms with van der Waals surface area (Å²) >= 11 is 5.12. The van der Waals surface area contributed by atoms with Crippen LogP contribution in [0, 0.1) is 13.8 Å². The molecule has 0 saturated carbocycles. The first-order valence-electron chi connectivity index (χ1n) is 5.56. The average Bonchev–Trinajstić information content (AvgIpc) is 2.68. The van der Waals surface area contributed by atoms with Gasteiger partial charge in [-0.15, -0.1) is 11.3 Å². The molecule has 0 amide bonds. The highest BCUT2D eigenvalue weighted by Crippen LogP contribution is 2.28. The summed E-state index contributed by atoms with van der Waals surface area (Å²) in [4.78, 5) is 1.20. The summed E-state index contributed by atoms with van der Waals surface area (Å²) in [5.41, 5.74) is 3.46. The Bertz CT molecular complexity index is 519. The van der Waals surface area contributed by atoms with Crippen molar-refractivity contribution in [3.63, 3.8) is 0 Å². The smallest absolute Gasteiger partial charge is 0.0840 e. The maximum absolute atomic E-state index is 10.3. The molecule has 0 radical (unpaired) electrons. The van der Waals surface area contributed by atoms with Gasteiger partial charge in [-0.1, -0.05) is 18.2 Å². The van der Waals surface area contributed by atoms with Crippen molar-refractivity contribution < 1.29 is 5.11 Å². The molecule has 90 valence electrons. The van der Waals surface area contributed by atoms with Crippen LogP contribution in [0.3, 0.4) is 0 Å². The summed E-state index contributed by atoms with van der Waals surface area (Å²) in [5.74, 6) is 0. The highest BCUT2D eigenvalue weighted by molar-refractivity contribution is 9.11. The van der Waals surface area contributed by atoms with E-state index in [9.17, 15) is 5.11 Å². The van der Waals surface area contributed by atoms with Crippen molar-refractivity contribution in [1.82, 2.24) is 0 Å². The zero-order valence-corrected chi connectivity index (χ0v) is 12.3. The van der Waals surface area contributed by atoms with E-state index in [1.165, 1.54) is 16.0 Å². The molecular formula is C14H15BrOS. The van der Waals surface area contributed by atoms with Crippen molar-refractivity contribution in [3.8, 4) is 0 Å². The Morgan fingerprint density at radius 1 is 1.24 bits per heavy atom. The van der Waals surface area contributed by atoms with Gasteiger partial charge in [-0.2, -0.15) is 0 Å². The van der Waals surface area contributed by atoms with Crippen LogP contribution in [-0.2, 0) is 6.42 Å². The van der Waals surface area contributed by atoms with Crippen molar-refractivity contribution in [2.45, 2.75) is 26.4 Å². The molecule has 0 aliphatic rings. The van der Waals surface area contributed by atoms with Gasteiger partial charge in [0.15, 0.2) is 0 Å². The Morgan fingerprint density at radius 3 is 2.65 bits per heavy atom. The minimum absolute atomic E-state index is 0.416. The lowest BCUT2D eigenvalue weighted by Gasteiger charge is -2.14. The first kappa shape index (κ1) is 12.8. The molecule has 1 unspecified atom stereocenters. The Labute approximate surface area is 114 Å². The molecule has 0 aliphatic carbocycles. The van der Waals surface area contributed by atoms with Crippen molar-refractivity contribution in [2.75, 3.05) is 0 Å². The minimum atomic E-state index is -0.416. The molecule has 2 aromatic rings. The lowest BCUT2D eigenvalue weighted by Crippen LogP contribution is -2.03. The maximum atomic E-state index is 10.3. The van der Waals surface area contributed by atoms with E-state index in [-0.39, 0.29) is 0 Å². The fraction of sp³-hybridized carbons (Fsp3) is 0.286. The molecule has 1 nitrogen and oxygen atoms in total. The molecule has 17 heavy (non-hydrogen) atoms. The van der Waals surface area contributed by atoms with Crippen LogP contribution < -0.4 is 0 Å². The number of aryl methyl sites for hydroxylation is 1. The summed E-state index contributed by atoms with van der Waals surface area (Å²) in [7, 11) is 0. The van der Waals surface area contributed by atoms with Gasteiger partial charge in [-0.25, -0.2) is 0 Å². The van der Waals surface area contributed by atoms with Crippen LogP contribution in [0.1, 0.15) is 27.7 Å². The highest BCUT2D eigenvalue weighted by Gasteiger charge is 2.13. The molecular weight excluding hydrogens is 296 g/mol. The number of benzene rings is 1. The molecule has 0 aliphatic heterocycles. The number of hydrogen-bond acceptors (Lipinski definition) is 2. The third-order valence-electron chi connectivity index (χ3n) is 3.03. The molecule has 3 heteroatoms. The van der Waals surface area contributed by atoms with E-state index in [1.807, 2.05) is 18.2 Å². The van der Waals surface area contributed by atoms with Crippen molar-refractivity contribution in [3.05, 3.63) is 55.7 Å². The van der Waals surface area contributed by atoms with Gasteiger partial charge < -0.3 is 5.11 Å². The second-order valence-electron chi connectivity index (χ2n) is 4.21. The van der Waals surface area contributed by atoms with E-state index in [1.54, 1.807) is 11.3 Å². The summed E-state index contributed by atoms with van der Waals surface area (Å²) < 4.78 is 1.11. The molecule has 1 aromatic heterocycles. The standard InChI is InChI=1S/C14H15BrOS/c1-9-4-3-5-12(10(9)2)13(16)8-11-6-7-14(15)17-11/h3-7,13,16H,8H2,1-2H3. The van der Waals surface area contributed by atoms with E-state index in [2.05, 4.69) is 41.9 Å². The molecule has 0 spiro atoms. The fourth-order valence-corrected chi connectivity index (χ4v) is 3.42. The van der Waals surface area contributed by atoms with E-state index in [4.69, 9.17) is 0 Å². The molecule has 1 heterocycles. The Kier molecular flexibility index (Phi) is 4.02. The molecule has 0 bridgehead atoms. The number of halogens is 1. The predicted octanol–water partition coefficient (Wildman–Crippen LogP) is 4.40. The van der Waals surface area contributed by atoms with Gasteiger partial charge in [0.05, 0.1) is 9.89 Å². The molecule has 0 saturated heterocycles. The number of aliphatic hydroxyl groups excluding tert-OH is 1. The summed E-state index contributed by atoms with van der Waals surface area (Å²) in [6.07, 6.45) is 0.265. The average molecular weight is 311 g/mol. The van der Waals surface area contributed by atoms with E-state index in [0.29, 0.717) is 6.42 Å². The number of rotatable bonds is 3. The summed E-state index contributed by atoms with van der Waals surface area (Å²) in [6, 6.07) is 10.2. The normalized spacial score (nSPS) is 12.7. The Balaban J connectivity index is 2.20. The van der Waals surface area contributed by atoms with Gasteiger partial charge in [0.2, 0.25) is 0 Å². The quantitative estimate of drug-likeness (QED) is 0.890. The maximum Gasteiger partial charge on any atom is 0.0840 e. The molecule has 1 aromatic carbocycles. The van der Waals surface area contributed by atoms with Crippen molar-refractivity contribution >= 4 is 27.3 Å². The van der Waals surface area contributed by atoms with Gasteiger partial charge in [0.25, 0.3) is 0 Å². The van der Waals surface area contributed by atoms with Crippen molar-refractivity contribution in [1.29, 1.82) is 0 Å². The number of hydrogen-bond donors (Lipinski definition) is 1. The second kappa shape index (κ2) is 5.34.